The molecule has 0 bridgehead atoms. The number of aromatic nitrogens is 2. The molecule has 148 valence electrons. The van der Waals surface area contributed by atoms with E-state index in [-0.39, 0.29) is 11.8 Å². The molecule has 3 heterocycles. The van der Waals surface area contributed by atoms with Crippen molar-refractivity contribution in [2.24, 2.45) is 5.92 Å². The summed E-state index contributed by atoms with van der Waals surface area (Å²) in [6.45, 7) is 5.90. The zero-order valence-electron chi connectivity index (χ0n) is 16.1. The summed E-state index contributed by atoms with van der Waals surface area (Å²) < 4.78 is 11.1. The van der Waals surface area contributed by atoms with Crippen LogP contribution in [0.5, 0.6) is 11.5 Å². The first-order valence-corrected chi connectivity index (χ1v) is 9.54. The number of ether oxygens (including phenoxy) is 2. The highest BCUT2D eigenvalue weighted by Crippen LogP contribution is 2.36. The van der Waals surface area contributed by atoms with Gasteiger partial charge in [-0.05, 0) is 44.4 Å². The summed E-state index contributed by atoms with van der Waals surface area (Å²) in [5.74, 6) is 0.268. The van der Waals surface area contributed by atoms with Gasteiger partial charge in [-0.1, -0.05) is 0 Å². The number of aromatic amines is 1. The molecule has 0 saturated carbocycles. The van der Waals surface area contributed by atoms with Crippen molar-refractivity contribution < 1.29 is 19.1 Å². The normalized spacial score (nSPS) is 18.4. The zero-order valence-corrected chi connectivity index (χ0v) is 16.1. The van der Waals surface area contributed by atoms with E-state index in [4.69, 9.17) is 9.47 Å². The molecule has 1 saturated heterocycles. The van der Waals surface area contributed by atoms with Gasteiger partial charge in [0, 0.05) is 30.5 Å². The van der Waals surface area contributed by atoms with Crippen molar-refractivity contribution in [3.63, 3.8) is 0 Å². The van der Waals surface area contributed by atoms with Crippen molar-refractivity contribution in [1.29, 1.82) is 0 Å². The minimum absolute atomic E-state index is 0.176. The van der Waals surface area contributed by atoms with Crippen molar-refractivity contribution in [3.05, 3.63) is 35.2 Å². The molecule has 8 heteroatoms. The van der Waals surface area contributed by atoms with Crippen LogP contribution in [0.15, 0.2) is 18.2 Å². The molecular weight excluding hydrogens is 360 g/mol. The number of benzene rings is 1. The van der Waals surface area contributed by atoms with Gasteiger partial charge in [0.05, 0.1) is 5.69 Å². The maximum atomic E-state index is 12.8. The largest absolute Gasteiger partial charge is 0.486 e. The molecule has 0 spiro atoms. The standard InChI is InChI=1S/C20H24N4O4/c1-12-15(13(2)23-22-12)5-7-21-19(25)16-6-8-24(20(16)26)14-3-4-17-18(11-14)28-10-9-27-17/h3-4,11,16H,5-10H2,1-2H3,(H,21,25)(H,22,23). The van der Waals surface area contributed by atoms with Gasteiger partial charge in [0.2, 0.25) is 11.8 Å². The van der Waals surface area contributed by atoms with E-state index in [9.17, 15) is 9.59 Å². The van der Waals surface area contributed by atoms with Crippen LogP contribution in [-0.4, -0.2) is 48.3 Å². The van der Waals surface area contributed by atoms with E-state index in [2.05, 4.69) is 15.5 Å². The van der Waals surface area contributed by atoms with Gasteiger partial charge in [-0.2, -0.15) is 5.10 Å². The molecule has 2 aliphatic rings. The highest BCUT2D eigenvalue weighted by molar-refractivity contribution is 6.09. The topological polar surface area (TPSA) is 96.6 Å². The molecule has 1 aromatic carbocycles. The zero-order chi connectivity index (χ0) is 19.7. The molecular formula is C20H24N4O4. The van der Waals surface area contributed by atoms with Gasteiger partial charge in [-0.25, -0.2) is 0 Å². The smallest absolute Gasteiger partial charge is 0.239 e. The lowest BCUT2D eigenvalue weighted by atomic mass is 10.1. The number of hydrogen-bond acceptors (Lipinski definition) is 5. The predicted molar refractivity (Wildman–Crippen MR) is 103 cm³/mol. The van der Waals surface area contributed by atoms with Gasteiger partial charge in [-0.3, -0.25) is 14.7 Å². The number of rotatable bonds is 5. The third-order valence-corrected chi connectivity index (χ3v) is 5.31. The Morgan fingerprint density at radius 3 is 2.82 bits per heavy atom. The second-order valence-corrected chi connectivity index (χ2v) is 7.11. The molecule has 2 aliphatic heterocycles. The average Bonchev–Trinajstić information content (AvgIpc) is 3.24. The van der Waals surface area contributed by atoms with Crippen LogP contribution >= 0.6 is 0 Å². The Morgan fingerprint density at radius 1 is 1.29 bits per heavy atom. The molecule has 28 heavy (non-hydrogen) atoms. The number of amides is 2. The third-order valence-electron chi connectivity index (χ3n) is 5.31. The minimum atomic E-state index is -0.653. The molecule has 1 unspecified atom stereocenters. The number of carbonyl (C=O) groups is 2. The van der Waals surface area contributed by atoms with Crippen LogP contribution in [0.25, 0.3) is 0 Å². The number of nitrogens with zero attached hydrogens (tertiary/aromatic N) is 2. The third kappa shape index (κ3) is 3.42. The van der Waals surface area contributed by atoms with E-state index < -0.39 is 5.92 Å². The summed E-state index contributed by atoms with van der Waals surface area (Å²) in [5, 5.41) is 10.00. The molecule has 8 nitrogen and oxygen atoms in total. The quantitative estimate of drug-likeness (QED) is 0.762. The summed E-state index contributed by atoms with van der Waals surface area (Å²) >= 11 is 0. The predicted octanol–water partition coefficient (Wildman–Crippen LogP) is 1.51. The number of fused-ring (bicyclic) bond motifs is 1. The van der Waals surface area contributed by atoms with Gasteiger partial charge in [0.1, 0.15) is 19.1 Å². The van der Waals surface area contributed by atoms with Gasteiger partial charge in [0.25, 0.3) is 0 Å². The Hall–Kier alpha value is -3.03. The Kier molecular flexibility index (Phi) is 4.93. The van der Waals surface area contributed by atoms with Crippen LogP contribution in [0.2, 0.25) is 0 Å². The fraction of sp³-hybridized carbons (Fsp3) is 0.450. The number of nitrogens with one attached hydrogen (secondary N) is 2. The molecule has 2 amide bonds. The van der Waals surface area contributed by atoms with Crippen molar-refractivity contribution in [3.8, 4) is 11.5 Å². The summed E-state index contributed by atoms with van der Waals surface area (Å²) in [5.41, 5.74) is 3.78. The van der Waals surface area contributed by atoms with E-state index in [1.165, 1.54) is 0 Å². The second-order valence-electron chi connectivity index (χ2n) is 7.11. The van der Waals surface area contributed by atoms with Gasteiger partial charge < -0.3 is 19.7 Å². The molecule has 2 N–H and O–H groups in total. The van der Waals surface area contributed by atoms with Crippen molar-refractivity contribution in [1.82, 2.24) is 15.5 Å². The van der Waals surface area contributed by atoms with Crippen molar-refractivity contribution >= 4 is 17.5 Å². The van der Waals surface area contributed by atoms with E-state index in [1.54, 1.807) is 17.0 Å². The summed E-state index contributed by atoms with van der Waals surface area (Å²) in [6.07, 6.45) is 1.19. The van der Waals surface area contributed by atoms with E-state index in [1.807, 2.05) is 19.9 Å². The van der Waals surface area contributed by atoms with Gasteiger partial charge in [-0.15, -0.1) is 0 Å². The highest BCUT2D eigenvalue weighted by atomic mass is 16.6. The van der Waals surface area contributed by atoms with Crippen molar-refractivity contribution in [2.45, 2.75) is 26.7 Å². The number of hydrogen-bond donors (Lipinski definition) is 2. The van der Waals surface area contributed by atoms with Crippen LogP contribution in [0.4, 0.5) is 5.69 Å². The van der Waals surface area contributed by atoms with E-state index >= 15 is 0 Å². The Bertz CT molecular complexity index is 888. The summed E-state index contributed by atoms with van der Waals surface area (Å²) in [7, 11) is 0. The fourth-order valence-corrected chi connectivity index (χ4v) is 3.76. The lowest BCUT2D eigenvalue weighted by Crippen LogP contribution is -2.37. The average molecular weight is 384 g/mol. The first-order valence-electron chi connectivity index (χ1n) is 9.54. The first kappa shape index (κ1) is 18.3. The first-order chi connectivity index (χ1) is 13.5. The Morgan fingerprint density at radius 2 is 2.07 bits per heavy atom. The lowest BCUT2D eigenvalue weighted by molar-refractivity contribution is -0.132. The van der Waals surface area contributed by atoms with Crippen molar-refractivity contribution in [2.75, 3.05) is 31.2 Å². The minimum Gasteiger partial charge on any atom is -0.486 e. The Balaban J connectivity index is 1.36. The molecule has 1 aromatic heterocycles. The highest BCUT2D eigenvalue weighted by Gasteiger charge is 2.37. The maximum Gasteiger partial charge on any atom is 0.239 e. The monoisotopic (exact) mass is 384 g/mol. The van der Waals surface area contributed by atoms with Gasteiger partial charge in [0.15, 0.2) is 11.5 Å². The maximum absolute atomic E-state index is 12.8. The number of anilines is 1. The molecule has 0 aliphatic carbocycles. The number of H-pyrrole nitrogens is 1. The molecule has 1 fully saturated rings. The van der Waals surface area contributed by atoms with Crippen LogP contribution < -0.4 is 19.7 Å². The van der Waals surface area contributed by atoms with Gasteiger partial charge >= 0.3 is 0 Å². The Labute approximate surface area is 163 Å². The lowest BCUT2D eigenvalue weighted by Gasteiger charge is -2.22. The van der Waals surface area contributed by atoms with Crippen LogP contribution in [0.3, 0.4) is 0 Å². The van der Waals surface area contributed by atoms with Crippen LogP contribution in [0, 0.1) is 19.8 Å². The molecule has 2 aromatic rings. The number of aryl methyl sites for hydroxylation is 2. The SMILES string of the molecule is Cc1n[nH]c(C)c1CCNC(=O)C1CCN(c2ccc3c(c2)OCCO3)C1=O. The second kappa shape index (κ2) is 7.53. The molecule has 4 rings (SSSR count). The number of carbonyl (C=O) groups excluding carboxylic acids is 2. The van der Waals surface area contributed by atoms with Crippen LogP contribution in [-0.2, 0) is 16.0 Å². The summed E-state index contributed by atoms with van der Waals surface area (Å²) in [4.78, 5) is 27.0. The van der Waals surface area contributed by atoms with E-state index in [0.29, 0.717) is 50.6 Å². The van der Waals surface area contributed by atoms with E-state index in [0.717, 1.165) is 22.6 Å². The molecule has 0 radical (unpaired) electrons. The van der Waals surface area contributed by atoms with Crippen LogP contribution in [0.1, 0.15) is 23.4 Å². The summed E-state index contributed by atoms with van der Waals surface area (Å²) in [6, 6.07) is 5.44. The molecule has 1 atom stereocenters. The fourth-order valence-electron chi connectivity index (χ4n) is 3.76.